The van der Waals surface area contributed by atoms with Gasteiger partial charge < -0.3 is 10.5 Å². The lowest BCUT2D eigenvalue weighted by Gasteiger charge is -2.31. The van der Waals surface area contributed by atoms with E-state index in [0.29, 0.717) is 0 Å². The highest BCUT2D eigenvalue weighted by molar-refractivity contribution is 5.28. The molecule has 0 aliphatic carbocycles. The normalized spacial score (nSPS) is 14.0. The van der Waals surface area contributed by atoms with E-state index in [1.54, 1.807) is 7.11 Å². The number of nitrogens with zero attached hydrogens (tertiary/aromatic N) is 2. The molecule has 0 saturated carbocycles. The number of hydrogen-bond donors (Lipinski definition) is 1. The summed E-state index contributed by atoms with van der Waals surface area (Å²) in [4.78, 5) is 6.34. The molecule has 0 aliphatic heterocycles. The van der Waals surface area contributed by atoms with Crippen molar-refractivity contribution in [2.75, 3.05) is 14.2 Å². The van der Waals surface area contributed by atoms with Gasteiger partial charge >= 0.3 is 0 Å². The molecule has 0 amide bonds. The Hall–Kier alpha value is -1.91. The number of methoxy groups -OCH3 is 1. The molecule has 4 heteroatoms. The highest BCUT2D eigenvalue weighted by Crippen LogP contribution is 2.24. The van der Waals surface area contributed by atoms with Crippen molar-refractivity contribution in [1.29, 1.82) is 0 Å². The lowest BCUT2D eigenvalue weighted by Crippen LogP contribution is -2.36. The third-order valence-electron chi connectivity index (χ3n) is 3.59. The SMILES string of the molecule is COc1cccc(CN(C)C(c2ccncc2)C(C)N)c1. The Balaban J connectivity index is 2.17. The van der Waals surface area contributed by atoms with Gasteiger partial charge in [-0.25, -0.2) is 0 Å². The van der Waals surface area contributed by atoms with E-state index >= 15 is 0 Å². The van der Waals surface area contributed by atoms with Crippen LogP contribution >= 0.6 is 0 Å². The highest BCUT2D eigenvalue weighted by atomic mass is 16.5. The van der Waals surface area contributed by atoms with Crippen LogP contribution in [0.3, 0.4) is 0 Å². The molecule has 0 bridgehead atoms. The molecule has 2 rings (SSSR count). The summed E-state index contributed by atoms with van der Waals surface area (Å²) in [5, 5.41) is 0. The van der Waals surface area contributed by atoms with E-state index < -0.39 is 0 Å². The minimum atomic E-state index is 0.0306. The van der Waals surface area contributed by atoms with Gasteiger partial charge in [0.1, 0.15) is 5.75 Å². The van der Waals surface area contributed by atoms with Crippen molar-refractivity contribution in [1.82, 2.24) is 9.88 Å². The molecule has 2 N–H and O–H groups in total. The number of rotatable bonds is 6. The van der Waals surface area contributed by atoms with Crippen molar-refractivity contribution in [2.45, 2.75) is 25.6 Å². The monoisotopic (exact) mass is 285 g/mol. The maximum absolute atomic E-state index is 6.19. The molecule has 2 atom stereocenters. The van der Waals surface area contributed by atoms with Gasteiger partial charge in [-0.15, -0.1) is 0 Å². The lowest BCUT2D eigenvalue weighted by molar-refractivity contribution is 0.210. The summed E-state index contributed by atoms with van der Waals surface area (Å²) in [7, 11) is 3.78. The summed E-state index contributed by atoms with van der Waals surface area (Å²) in [5.41, 5.74) is 8.58. The first-order valence-corrected chi connectivity index (χ1v) is 7.10. The maximum Gasteiger partial charge on any atom is 0.119 e. The Kier molecular flexibility index (Phi) is 5.31. The van der Waals surface area contributed by atoms with Crippen LogP contribution in [0.5, 0.6) is 5.75 Å². The fraction of sp³-hybridized carbons (Fsp3) is 0.353. The van der Waals surface area contributed by atoms with Crippen LogP contribution in [-0.2, 0) is 6.54 Å². The maximum atomic E-state index is 6.19. The molecule has 21 heavy (non-hydrogen) atoms. The molecule has 4 nitrogen and oxygen atoms in total. The largest absolute Gasteiger partial charge is 0.497 e. The summed E-state index contributed by atoms with van der Waals surface area (Å²) in [6.45, 7) is 2.85. The Morgan fingerprint density at radius 1 is 1.24 bits per heavy atom. The standard InChI is InChI=1S/C17H23N3O/c1-13(18)17(15-7-9-19-10-8-15)20(2)12-14-5-4-6-16(11-14)21-3/h4-11,13,17H,12,18H2,1-3H3. The molecular formula is C17H23N3O. The Labute approximate surface area is 126 Å². The molecular weight excluding hydrogens is 262 g/mol. The molecule has 0 saturated heterocycles. The van der Waals surface area contributed by atoms with E-state index in [1.807, 2.05) is 43.6 Å². The van der Waals surface area contributed by atoms with Gasteiger partial charge in [0, 0.05) is 31.0 Å². The molecule has 1 heterocycles. The fourth-order valence-corrected chi connectivity index (χ4v) is 2.68. The highest BCUT2D eigenvalue weighted by Gasteiger charge is 2.21. The number of likely N-dealkylation sites (N-methyl/N-ethyl adjacent to an activating group) is 1. The summed E-state index contributed by atoms with van der Waals surface area (Å²) in [6, 6.07) is 12.4. The predicted molar refractivity (Wildman–Crippen MR) is 85.1 cm³/mol. The summed E-state index contributed by atoms with van der Waals surface area (Å²) < 4.78 is 5.28. The molecule has 0 spiro atoms. The van der Waals surface area contributed by atoms with Crippen molar-refractivity contribution in [2.24, 2.45) is 5.73 Å². The van der Waals surface area contributed by atoms with Gasteiger partial charge in [-0.2, -0.15) is 0 Å². The quantitative estimate of drug-likeness (QED) is 0.886. The van der Waals surface area contributed by atoms with Gasteiger partial charge in [0.05, 0.1) is 7.11 Å². The summed E-state index contributed by atoms with van der Waals surface area (Å²) in [5.74, 6) is 0.877. The van der Waals surface area contributed by atoms with Crippen LogP contribution in [0.25, 0.3) is 0 Å². The second kappa shape index (κ2) is 7.20. The summed E-state index contributed by atoms with van der Waals surface area (Å²) in [6.07, 6.45) is 3.62. The van der Waals surface area contributed by atoms with Crippen molar-refractivity contribution < 1.29 is 4.74 Å². The first kappa shape index (κ1) is 15.5. The van der Waals surface area contributed by atoms with Gasteiger partial charge in [-0.3, -0.25) is 9.88 Å². The first-order valence-electron chi connectivity index (χ1n) is 7.10. The van der Waals surface area contributed by atoms with Crippen LogP contribution in [0.2, 0.25) is 0 Å². The van der Waals surface area contributed by atoms with Crippen molar-refractivity contribution in [3.8, 4) is 5.75 Å². The van der Waals surface area contributed by atoms with Crippen LogP contribution < -0.4 is 10.5 Å². The van der Waals surface area contributed by atoms with Crippen LogP contribution in [0.1, 0.15) is 24.1 Å². The van der Waals surface area contributed by atoms with E-state index in [0.717, 1.165) is 12.3 Å². The van der Waals surface area contributed by atoms with E-state index in [1.165, 1.54) is 11.1 Å². The zero-order chi connectivity index (χ0) is 15.2. The smallest absolute Gasteiger partial charge is 0.119 e. The Morgan fingerprint density at radius 3 is 2.57 bits per heavy atom. The second-order valence-corrected chi connectivity index (χ2v) is 5.35. The number of ether oxygens (including phenoxy) is 1. The zero-order valence-electron chi connectivity index (χ0n) is 12.9. The molecule has 0 radical (unpaired) electrons. The molecule has 1 aromatic carbocycles. The number of hydrogen-bond acceptors (Lipinski definition) is 4. The predicted octanol–water partition coefficient (Wildman–Crippen LogP) is 2.61. The Morgan fingerprint density at radius 2 is 1.95 bits per heavy atom. The molecule has 2 aromatic rings. The number of benzene rings is 1. The van der Waals surface area contributed by atoms with E-state index in [2.05, 4.69) is 29.1 Å². The third-order valence-corrected chi connectivity index (χ3v) is 3.59. The van der Waals surface area contributed by atoms with Crippen molar-refractivity contribution in [3.63, 3.8) is 0 Å². The van der Waals surface area contributed by atoms with Gasteiger partial charge in [0.15, 0.2) is 0 Å². The first-order chi connectivity index (χ1) is 10.1. The van der Waals surface area contributed by atoms with Crippen LogP contribution in [0.15, 0.2) is 48.8 Å². The molecule has 2 unspecified atom stereocenters. The average Bonchev–Trinajstić information content (AvgIpc) is 2.48. The van der Waals surface area contributed by atoms with Crippen molar-refractivity contribution in [3.05, 3.63) is 59.9 Å². The van der Waals surface area contributed by atoms with Crippen LogP contribution in [-0.4, -0.2) is 30.1 Å². The zero-order valence-corrected chi connectivity index (χ0v) is 12.9. The molecule has 0 aliphatic rings. The van der Waals surface area contributed by atoms with Crippen molar-refractivity contribution >= 4 is 0 Å². The van der Waals surface area contributed by atoms with Crippen LogP contribution in [0, 0.1) is 0 Å². The molecule has 1 aromatic heterocycles. The minimum absolute atomic E-state index is 0.0306. The molecule has 0 fully saturated rings. The van der Waals surface area contributed by atoms with Gasteiger partial charge in [0.25, 0.3) is 0 Å². The number of nitrogens with two attached hydrogens (primary N) is 1. The minimum Gasteiger partial charge on any atom is -0.497 e. The van der Waals surface area contributed by atoms with Gasteiger partial charge in [-0.05, 0) is 49.4 Å². The fourth-order valence-electron chi connectivity index (χ4n) is 2.68. The van der Waals surface area contributed by atoms with E-state index in [-0.39, 0.29) is 12.1 Å². The number of aromatic nitrogens is 1. The summed E-state index contributed by atoms with van der Waals surface area (Å²) >= 11 is 0. The average molecular weight is 285 g/mol. The Bertz CT molecular complexity index is 557. The molecule has 112 valence electrons. The van der Waals surface area contributed by atoms with Gasteiger partial charge in [-0.1, -0.05) is 12.1 Å². The third kappa shape index (κ3) is 4.03. The second-order valence-electron chi connectivity index (χ2n) is 5.35. The number of pyridine rings is 1. The lowest BCUT2D eigenvalue weighted by atomic mass is 10.00. The van der Waals surface area contributed by atoms with Gasteiger partial charge in [0.2, 0.25) is 0 Å². The topological polar surface area (TPSA) is 51.4 Å². The van der Waals surface area contributed by atoms with E-state index in [9.17, 15) is 0 Å². The van der Waals surface area contributed by atoms with Crippen LogP contribution in [0.4, 0.5) is 0 Å². The van der Waals surface area contributed by atoms with E-state index in [4.69, 9.17) is 10.5 Å².